The lowest BCUT2D eigenvalue weighted by molar-refractivity contribution is 0.617. The van der Waals surface area contributed by atoms with E-state index in [1.807, 2.05) is 37.3 Å². The van der Waals surface area contributed by atoms with E-state index in [9.17, 15) is 9.59 Å². The van der Waals surface area contributed by atoms with Gasteiger partial charge >= 0.3 is 5.69 Å². The highest BCUT2D eigenvalue weighted by Crippen LogP contribution is 2.03. The Kier molecular flexibility index (Phi) is 3.35. The molecule has 0 saturated carbocycles. The first kappa shape index (κ1) is 13.2. The van der Waals surface area contributed by atoms with Crippen LogP contribution in [0.2, 0.25) is 0 Å². The Morgan fingerprint density at radius 1 is 1.00 bits per heavy atom. The Morgan fingerprint density at radius 2 is 1.71 bits per heavy atom. The molecule has 6 nitrogen and oxygen atoms in total. The third-order valence-electron chi connectivity index (χ3n) is 3.34. The molecule has 0 fully saturated rings. The number of rotatable bonds is 3. The van der Waals surface area contributed by atoms with E-state index in [0.717, 1.165) is 5.56 Å². The molecule has 2 heterocycles. The van der Waals surface area contributed by atoms with E-state index >= 15 is 0 Å². The Labute approximate surface area is 120 Å². The molecule has 1 aromatic carbocycles. The monoisotopic (exact) mass is 282 g/mol. The Balaban J connectivity index is 2.28. The van der Waals surface area contributed by atoms with Crippen molar-refractivity contribution in [2.24, 2.45) is 0 Å². The van der Waals surface area contributed by atoms with Crippen molar-refractivity contribution >= 4 is 11.2 Å². The molecule has 3 rings (SSSR count). The molecule has 0 aliphatic heterocycles. The van der Waals surface area contributed by atoms with Gasteiger partial charge in [0.15, 0.2) is 11.2 Å². The van der Waals surface area contributed by atoms with Crippen LogP contribution in [-0.4, -0.2) is 19.1 Å². The summed E-state index contributed by atoms with van der Waals surface area (Å²) in [6.07, 6.45) is 2.94. The van der Waals surface area contributed by atoms with E-state index in [4.69, 9.17) is 0 Å². The number of benzene rings is 1. The number of aromatic nitrogens is 4. The van der Waals surface area contributed by atoms with Gasteiger partial charge in [-0.25, -0.2) is 14.8 Å². The molecule has 6 heteroatoms. The zero-order valence-corrected chi connectivity index (χ0v) is 11.6. The van der Waals surface area contributed by atoms with Crippen LogP contribution < -0.4 is 11.2 Å². The zero-order chi connectivity index (χ0) is 14.8. The van der Waals surface area contributed by atoms with Crippen LogP contribution in [0, 0.1) is 0 Å². The van der Waals surface area contributed by atoms with Gasteiger partial charge in [0.2, 0.25) is 0 Å². The lowest BCUT2D eigenvalue weighted by Crippen LogP contribution is -2.40. The second kappa shape index (κ2) is 5.32. The van der Waals surface area contributed by atoms with E-state index in [1.165, 1.54) is 21.5 Å². The van der Waals surface area contributed by atoms with Crippen molar-refractivity contribution in [3.05, 3.63) is 69.1 Å². The first-order valence-electron chi connectivity index (χ1n) is 6.70. The van der Waals surface area contributed by atoms with Crippen molar-refractivity contribution in [2.45, 2.75) is 20.0 Å². The molecule has 0 aliphatic carbocycles. The fourth-order valence-corrected chi connectivity index (χ4v) is 2.32. The third kappa shape index (κ3) is 2.24. The molecule has 0 unspecified atom stereocenters. The molecule has 0 amide bonds. The summed E-state index contributed by atoms with van der Waals surface area (Å²) in [4.78, 5) is 33.2. The van der Waals surface area contributed by atoms with Crippen molar-refractivity contribution in [3.8, 4) is 0 Å². The molecule has 0 radical (unpaired) electrons. The van der Waals surface area contributed by atoms with Gasteiger partial charge in [-0.15, -0.1) is 0 Å². The molecule has 21 heavy (non-hydrogen) atoms. The quantitative estimate of drug-likeness (QED) is 0.719. The van der Waals surface area contributed by atoms with Crippen molar-refractivity contribution in [1.82, 2.24) is 19.1 Å². The largest absolute Gasteiger partial charge is 0.333 e. The van der Waals surface area contributed by atoms with Gasteiger partial charge < -0.3 is 0 Å². The fourth-order valence-electron chi connectivity index (χ4n) is 2.32. The van der Waals surface area contributed by atoms with Gasteiger partial charge in [-0.1, -0.05) is 30.3 Å². The molecule has 0 saturated heterocycles. The summed E-state index contributed by atoms with van der Waals surface area (Å²) in [6.45, 7) is 2.50. The maximum atomic E-state index is 12.5. The van der Waals surface area contributed by atoms with Gasteiger partial charge in [-0.3, -0.25) is 13.9 Å². The minimum atomic E-state index is -0.406. The average molecular weight is 282 g/mol. The van der Waals surface area contributed by atoms with Gasteiger partial charge in [0.05, 0.1) is 6.54 Å². The molecule has 0 spiro atoms. The minimum Gasteiger partial charge on any atom is -0.276 e. The van der Waals surface area contributed by atoms with Crippen LogP contribution in [-0.2, 0) is 13.1 Å². The second-order valence-corrected chi connectivity index (χ2v) is 4.63. The van der Waals surface area contributed by atoms with E-state index in [0.29, 0.717) is 12.2 Å². The lowest BCUT2D eigenvalue weighted by atomic mass is 10.2. The average Bonchev–Trinajstić information content (AvgIpc) is 2.53. The molecule has 0 N–H and O–H groups in total. The van der Waals surface area contributed by atoms with Gasteiger partial charge in [0.1, 0.15) is 0 Å². The number of aryl methyl sites for hydroxylation is 1. The highest BCUT2D eigenvalue weighted by atomic mass is 16.2. The highest BCUT2D eigenvalue weighted by molar-refractivity contribution is 5.68. The maximum absolute atomic E-state index is 12.5. The fraction of sp³-hybridized carbons (Fsp3) is 0.200. The molecule has 3 aromatic rings. The van der Waals surface area contributed by atoms with E-state index in [2.05, 4.69) is 9.97 Å². The van der Waals surface area contributed by atoms with Crippen molar-refractivity contribution in [3.63, 3.8) is 0 Å². The summed E-state index contributed by atoms with van der Waals surface area (Å²) < 4.78 is 2.67. The minimum absolute atomic E-state index is 0.217. The molecular formula is C15H14N4O2. The Hall–Kier alpha value is -2.76. The third-order valence-corrected chi connectivity index (χ3v) is 3.34. The van der Waals surface area contributed by atoms with Crippen LogP contribution >= 0.6 is 0 Å². The van der Waals surface area contributed by atoms with E-state index < -0.39 is 5.56 Å². The molecule has 0 atom stereocenters. The summed E-state index contributed by atoms with van der Waals surface area (Å²) in [5.41, 5.74) is 0.674. The predicted molar refractivity (Wildman–Crippen MR) is 79.3 cm³/mol. The van der Waals surface area contributed by atoms with Crippen LogP contribution in [0.5, 0.6) is 0 Å². The van der Waals surface area contributed by atoms with Crippen LogP contribution in [0.4, 0.5) is 0 Å². The van der Waals surface area contributed by atoms with Crippen LogP contribution in [0.1, 0.15) is 12.5 Å². The number of nitrogens with zero attached hydrogens (tertiary/aromatic N) is 4. The molecule has 0 aliphatic rings. The van der Waals surface area contributed by atoms with E-state index in [-0.39, 0.29) is 17.8 Å². The smallest absolute Gasteiger partial charge is 0.276 e. The summed E-state index contributed by atoms with van der Waals surface area (Å²) in [7, 11) is 0. The zero-order valence-electron chi connectivity index (χ0n) is 11.6. The SMILES string of the molecule is CCn1c(=O)n(Cc2ccccc2)c(=O)c2nccnc21. The van der Waals surface area contributed by atoms with Crippen LogP contribution in [0.3, 0.4) is 0 Å². The first-order valence-corrected chi connectivity index (χ1v) is 6.70. The topological polar surface area (TPSA) is 69.8 Å². The van der Waals surface area contributed by atoms with E-state index in [1.54, 1.807) is 0 Å². The molecule has 106 valence electrons. The Morgan fingerprint density at radius 3 is 2.43 bits per heavy atom. The number of hydrogen-bond acceptors (Lipinski definition) is 4. The summed E-state index contributed by atoms with van der Waals surface area (Å²) >= 11 is 0. The van der Waals surface area contributed by atoms with Gasteiger partial charge in [0, 0.05) is 18.9 Å². The summed E-state index contributed by atoms with van der Waals surface area (Å²) in [5, 5.41) is 0. The van der Waals surface area contributed by atoms with Gasteiger partial charge in [-0.2, -0.15) is 0 Å². The number of fused-ring (bicyclic) bond motifs is 1. The number of hydrogen-bond donors (Lipinski definition) is 0. The Bertz CT molecular complexity index is 897. The molecule has 0 bridgehead atoms. The maximum Gasteiger partial charge on any atom is 0.333 e. The van der Waals surface area contributed by atoms with Crippen LogP contribution in [0.15, 0.2) is 52.3 Å². The van der Waals surface area contributed by atoms with Crippen molar-refractivity contribution in [1.29, 1.82) is 0 Å². The first-order chi connectivity index (χ1) is 10.2. The normalized spacial score (nSPS) is 10.9. The lowest BCUT2D eigenvalue weighted by Gasteiger charge is -2.11. The van der Waals surface area contributed by atoms with Gasteiger partial charge in [0.25, 0.3) is 5.56 Å². The standard InChI is InChI=1S/C15H14N4O2/c1-2-18-13-12(16-8-9-17-13)14(20)19(15(18)21)10-11-6-4-3-5-7-11/h3-9H,2,10H2,1H3. The summed E-state index contributed by atoms with van der Waals surface area (Å²) in [6, 6.07) is 9.40. The highest BCUT2D eigenvalue weighted by Gasteiger charge is 2.13. The van der Waals surface area contributed by atoms with Crippen LogP contribution in [0.25, 0.3) is 11.2 Å². The molecular weight excluding hydrogens is 268 g/mol. The van der Waals surface area contributed by atoms with Crippen molar-refractivity contribution in [2.75, 3.05) is 0 Å². The van der Waals surface area contributed by atoms with Crippen molar-refractivity contribution < 1.29 is 0 Å². The van der Waals surface area contributed by atoms with Gasteiger partial charge in [-0.05, 0) is 12.5 Å². The second-order valence-electron chi connectivity index (χ2n) is 4.63. The predicted octanol–water partition coefficient (Wildman–Crippen LogP) is 1.02. The molecule has 2 aromatic heterocycles. The summed E-state index contributed by atoms with van der Waals surface area (Å²) in [5.74, 6) is 0.